The molecule has 0 amide bonds. The minimum atomic E-state index is -0.0980. The van der Waals surface area contributed by atoms with Gasteiger partial charge in [0.05, 0.1) is 0 Å². The van der Waals surface area contributed by atoms with Gasteiger partial charge in [-0.2, -0.15) is 11.3 Å². The molecule has 0 aromatic carbocycles. The maximum absolute atomic E-state index is 5.57. The second-order valence-corrected chi connectivity index (χ2v) is 4.83. The van der Waals surface area contributed by atoms with Gasteiger partial charge in [-0.1, -0.05) is 13.3 Å². The summed E-state index contributed by atoms with van der Waals surface area (Å²) in [6.07, 6.45) is 4.72. The average Bonchev–Trinajstić information content (AvgIpc) is 2.76. The molecule has 1 fully saturated rings. The van der Waals surface area contributed by atoms with Gasteiger partial charge in [-0.05, 0) is 36.3 Å². The molecule has 1 aliphatic rings. The summed E-state index contributed by atoms with van der Waals surface area (Å²) < 4.78 is 12.4. The van der Waals surface area contributed by atoms with E-state index in [0.717, 1.165) is 19.6 Å². The molecule has 1 aromatic rings. The molecule has 4 heteroatoms. The number of thiophene rings is 1. The first-order valence-corrected chi connectivity index (χ1v) is 6.58. The van der Waals surface area contributed by atoms with Gasteiger partial charge < -0.3 is 9.31 Å². The van der Waals surface area contributed by atoms with Gasteiger partial charge in [-0.15, -0.1) is 0 Å². The highest BCUT2D eigenvalue weighted by Gasteiger charge is 2.25. The van der Waals surface area contributed by atoms with Crippen LogP contribution in [0.15, 0.2) is 11.4 Å². The monoisotopic (exact) mass is 224 g/mol. The standard InChI is InChI=1S/C11H17BO2S/c1-2-3-5-10-8-11(15-9-10)12-13-6-4-7-14-12/h8-9H,2-7H2,1H3. The van der Waals surface area contributed by atoms with Crippen LogP contribution >= 0.6 is 11.3 Å². The minimum Gasteiger partial charge on any atom is -0.407 e. The predicted octanol–water partition coefficient (Wildman–Crippen LogP) is 2.22. The van der Waals surface area contributed by atoms with Gasteiger partial charge in [0.25, 0.3) is 0 Å². The van der Waals surface area contributed by atoms with E-state index in [4.69, 9.17) is 9.31 Å². The van der Waals surface area contributed by atoms with Crippen molar-refractivity contribution < 1.29 is 9.31 Å². The van der Waals surface area contributed by atoms with Crippen LogP contribution in [0.25, 0.3) is 0 Å². The second-order valence-electron chi connectivity index (χ2n) is 3.89. The largest absolute Gasteiger partial charge is 0.504 e. The van der Waals surface area contributed by atoms with E-state index >= 15 is 0 Å². The summed E-state index contributed by atoms with van der Waals surface area (Å²) in [5.74, 6) is 0. The lowest BCUT2D eigenvalue weighted by atomic mass is 9.85. The molecule has 0 unspecified atom stereocenters. The molecule has 2 nitrogen and oxygen atoms in total. The van der Waals surface area contributed by atoms with E-state index in [1.807, 2.05) is 0 Å². The van der Waals surface area contributed by atoms with Crippen LogP contribution in [0.2, 0.25) is 0 Å². The minimum absolute atomic E-state index is 0.0980. The molecule has 1 saturated heterocycles. The van der Waals surface area contributed by atoms with Crippen LogP contribution in [0, 0.1) is 0 Å². The molecule has 82 valence electrons. The van der Waals surface area contributed by atoms with Crippen molar-refractivity contribution in [2.45, 2.75) is 32.6 Å². The normalized spacial score (nSPS) is 17.0. The summed E-state index contributed by atoms with van der Waals surface area (Å²) in [5, 5.41) is 2.23. The molecule has 0 bridgehead atoms. The fraction of sp³-hybridized carbons (Fsp3) is 0.636. The van der Waals surface area contributed by atoms with E-state index in [1.54, 1.807) is 11.3 Å². The highest BCUT2D eigenvalue weighted by atomic mass is 32.1. The molecule has 0 aliphatic carbocycles. The Morgan fingerprint density at radius 1 is 1.40 bits per heavy atom. The van der Waals surface area contributed by atoms with Crippen LogP contribution in [0.5, 0.6) is 0 Å². The second kappa shape index (κ2) is 5.68. The molecule has 2 rings (SSSR count). The zero-order valence-corrected chi connectivity index (χ0v) is 10.0. The lowest BCUT2D eigenvalue weighted by Gasteiger charge is -2.18. The lowest BCUT2D eigenvalue weighted by molar-refractivity contribution is 0.144. The SMILES string of the molecule is CCCCc1csc(B2OCCCO2)c1. The van der Waals surface area contributed by atoms with Gasteiger partial charge in [0.1, 0.15) is 0 Å². The summed E-state index contributed by atoms with van der Waals surface area (Å²) in [6.45, 7) is 3.88. The van der Waals surface area contributed by atoms with Gasteiger partial charge >= 0.3 is 7.12 Å². The topological polar surface area (TPSA) is 18.5 Å². The highest BCUT2D eigenvalue weighted by Crippen LogP contribution is 2.11. The zero-order valence-electron chi connectivity index (χ0n) is 9.20. The maximum atomic E-state index is 5.57. The zero-order chi connectivity index (χ0) is 10.5. The third-order valence-corrected chi connectivity index (χ3v) is 3.56. The molecular formula is C11H17BO2S. The van der Waals surface area contributed by atoms with Crippen LogP contribution in [-0.2, 0) is 15.7 Å². The molecule has 0 saturated carbocycles. The van der Waals surface area contributed by atoms with Crippen molar-refractivity contribution in [2.24, 2.45) is 0 Å². The van der Waals surface area contributed by atoms with Gasteiger partial charge in [-0.3, -0.25) is 0 Å². The number of hydrogen-bond acceptors (Lipinski definition) is 3. The van der Waals surface area contributed by atoms with Gasteiger partial charge in [0, 0.05) is 18.0 Å². The molecule has 2 heterocycles. The lowest BCUT2D eigenvalue weighted by Crippen LogP contribution is -2.39. The first-order valence-electron chi connectivity index (χ1n) is 5.70. The van der Waals surface area contributed by atoms with E-state index < -0.39 is 0 Å². The Morgan fingerprint density at radius 2 is 2.20 bits per heavy atom. The fourth-order valence-corrected chi connectivity index (χ4v) is 2.62. The number of aryl methyl sites for hydroxylation is 1. The maximum Gasteiger partial charge on any atom is 0.504 e. The van der Waals surface area contributed by atoms with E-state index in [-0.39, 0.29) is 7.12 Å². The third-order valence-electron chi connectivity index (χ3n) is 2.55. The summed E-state index contributed by atoms with van der Waals surface area (Å²) in [5.41, 5.74) is 1.43. The van der Waals surface area contributed by atoms with Crippen molar-refractivity contribution in [3.8, 4) is 0 Å². The van der Waals surface area contributed by atoms with Crippen molar-refractivity contribution in [2.75, 3.05) is 13.2 Å². The number of hydrogen-bond donors (Lipinski definition) is 0. The highest BCUT2D eigenvalue weighted by molar-refractivity contribution is 7.20. The number of rotatable bonds is 4. The van der Waals surface area contributed by atoms with Crippen LogP contribution in [0.3, 0.4) is 0 Å². The van der Waals surface area contributed by atoms with E-state index in [2.05, 4.69) is 18.4 Å². The van der Waals surface area contributed by atoms with Crippen LogP contribution in [0.4, 0.5) is 0 Å². The first-order chi connectivity index (χ1) is 7.40. The third kappa shape index (κ3) is 3.07. The van der Waals surface area contributed by atoms with Gasteiger partial charge in [0.2, 0.25) is 0 Å². The van der Waals surface area contributed by atoms with Crippen molar-refractivity contribution in [1.82, 2.24) is 0 Å². The van der Waals surface area contributed by atoms with E-state index in [0.29, 0.717) is 0 Å². The van der Waals surface area contributed by atoms with Crippen molar-refractivity contribution >= 4 is 23.2 Å². The van der Waals surface area contributed by atoms with E-state index in [9.17, 15) is 0 Å². The Balaban J connectivity index is 1.93. The fourth-order valence-electron chi connectivity index (χ4n) is 1.68. The first kappa shape index (κ1) is 11.2. The van der Waals surface area contributed by atoms with Crippen LogP contribution in [-0.4, -0.2) is 20.3 Å². The van der Waals surface area contributed by atoms with Crippen molar-refractivity contribution in [3.05, 3.63) is 17.0 Å². The molecular weight excluding hydrogens is 207 g/mol. The summed E-state index contributed by atoms with van der Waals surface area (Å²) in [6, 6.07) is 2.23. The van der Waals surface area contributed by atoms with Crippen LogP contribution < -0.4 is 4.78 Å². The summed E-state index contributed by atoms with van der Waals surface area (Å²) in [4.78, 5) is 0. The Bertz CT molecular complexity index is 295. The Kier molecular flexibility index (Phi) is 4.23. The smallest absolute Gasteiger partial charge is 0.407 e. The summed E-state index contributed by atoms with van der Waals surface area (Å²) in [7, 11) is -0.0980. The Labute approximate surface area is 95.7 Å². The Morgan fingerprint density at radius 3 is 2.93 bits per heavy atom. The van der Waals surface area contributed by atoms with Crippen LogP contribution in [0.1, 0.15) is 31.7 Å². The molecule has 1 aliphatic heterocycles. The Hall–Kier alpha value is -0.315. The molecule has 0 atom stereocenters. The molecule has 0 spiro atoms. The molecule has 0 N–H and O–H groups in total. The van der Waals surface area contributed by atoms with Gasteiger partial charge in [-0.25, -0.2) is 0 Å². The van der Waals surface area contributed by atoms with Crippen molar-refractivity contribution in [3.63, 3.8) is 0 Å². The average molecular weight is 224 g/mol. The molecule has 1 aromatic heterocycles. The number of unbranched alkanes of at least 4 members (excludes halogenated alkanes) is 1. The van der Waals surface area contributed by atoms with E-state index in [1.165, 1.54) is 29.6 Å². The predicted molar refractivity (Wildman–Crippen MR) is 64.8 cm³/mol. The molecule has 0 radical (unpaired) electrons. The van der Waals surface area contributed by atoms with Gasteiger partial charge in [0.15, 0.2) is 0 Å². The van der Waals surface area contributed by atoms with Crippen molar-refractivity contribution in [1.29, 1.82) is 0 Å². The molecule has 15 heavy (non-hydrogen) atoms. The summed E-state index contributed by atoms with van der Waals surface area (Å²) >= 11 is 1.76. The quantitative estimate of drug-likeness (QED) is 0.730.